The highest BCUT2D eigenvalue weighted by molar-refractivity contribution is 5.59. The lowest BCUT2D eigenvalue weighted by Crippen LogP contribution is -2.53. The third kappa shape index (κ3) is 2.09. The minimum atomic E-state index is 0.516. The zero-order valence-electron chi connectivity index (χ0n) is 10.8. The van der Waals surface area contributed by atoms with Gasteiger partial charge in [0.15, 0.2) is 0 Å². The Morgan fingerprint density at radius 3 is 2.72 bits per heavy atom. The summed E-state index contributed by atoms with van der Waals surface area (Å²) >= 11 is 0. The average molecular weight is 241 g/mol. The number of nitriles is 1. The Balaban J connectivity index is 1.79. The third-order valence-electron chi connectivity index (χ3n) is 4.29. The van der Waals surface area contributed by atoms with Gasteiger partial charge in [0.2, 0.25) is 0 Å². The summed E-state index contributed by atoms with van der Waals surface area (Å²) in [5.74, 6) is 0.780. The van der Waals surface area contributed by atoms with Crippen LogP contribution >= 0.6 is 0 Å². The molecule has 1 atom stereocenters. The second-order valence-electron chi connectivity index (χ2n) is 5.55. The van der Waals surface area contributed by atoms with Gasteiger partial charge in [-0.2, -0.15) is 5.26 Å². The second kappa shape index (κ2) is 4.62. The number of aryl methyl sites for hydroxylation is 1. The van der Waals surface area contributed by atoms with E-state index in [1.165, 1.54) is 25.9 Å². The van der Waals surface area contributed by atoms with E-state index in [4.69, 9.17) is 0 Å². The summed E-state index contributed by atoms with van der Waals surface area (Å²) in [6.45, 7) is 5.66. The number of nitrogens with zero attached hydrogens (tertiary/aromatic N) is 2. The number of hydrogen-bond acceptors (Lipinski definition) is 3. The molecular weight excluding hydrogens is 222 g/mol. The first-order valence-electron chi connectivity index (χ1n) is 6.76. The van der Waals surface area contributed by atoms with Crippen molar-refractivity contribution in [3.05, 3.63) is 29.3 Å². The second-order valence-corrected chi connectivity index (χ2v) is 5.55. The molecule has 1 unspecified atom stereocenters. The summed E-state index contributed by atoms with van der Waals surface area (Å²) in [7, 11) is 0. The molecule has 1 aromatic rings. The van der Waals surface area contributed by atoms with Crippen molar-refractivity contribution >= 4 is 5.69 Å². The molecular formula is C15H19N3. The minimum absolute atomic E-state index is 0.516. The lowest BCUT2D eigenvalue weighted by molar-refractivity contribution is 0.0975. The van der Waals surface area contributed by atoms with Gasteiger partial charge < -0.3 is 10.2 Å². The van der Waals surface area contributed by atoms with Crippen LogP contribution in [0.25, 0.3) is 0 Å². The highest BCUT2D eigenvalue weighted by Crippen LogP contribution is 2.30. The summed E-state index contributed by atoms with van der Waals surface area (Å²) in [5, 5.41) is 12.8. The van der Waals surface area contributed by atoms with Crippen molar-refractivity contribution < 1.29 is 0 Å². The van der Waals surface area contributed by atoms with E-state index >= 15 is 0 Å². The smallest absolute Gasteiger partial charge is 0.101 e. The van der Waals surface area contributed by atoms with Crippen LogP contribution in [0.3, 0.4) is 0 Å². The minimum Gasteiger partial charge on any atom is -0.380 e. The summed E-state index contributed by atoms with van der Waals surface area (Å²) < 4.78 is 0. The SMILES string of the molecule is Cc1ccc(NC2CN3CCC2CC3)c(C#N)c1. The molecule has 2 bridgehead atoms. The van der Waals surface area contributed by atoms with Crippen LogP contribution in [0.2, 0.25) is 0 Å². The molecule has 0 spiro atoms. The first kappa shape index (κ1) is 11.6. The molecule has 0 aromatic heterocycles. The van der Waals surface area contributed by atoms with Crippen LogP contribution < -0.4 is 5.32 Å². The van der Waals surface area contributed by atoms with Crippen molar-refractivity contribution in [2.24, 2.45) is 5.92 Å². The van der Waals surface area contributed by atoms with E-state index in [1.54, 1.807) is 0 Å². The van der Waals surface area contributed by atoms with Crippen LogP contribution in [0.4, 0.5) is 5.69 Å². The van der Waals surface area contributed by atoms with Gasteiger partial charge in [-0.1, -0.05) is 6.07 Å². The molecule has 3 nitrogen and oxygen atoms in total. The Bertz CT molecular complexity index is 481. The first-order chi connectivity index (χ1) is 8.76. The molecule has 1 N–H and O–H groups in total. The van der Waals surface area contributed by atoms with Gasteiger partial charge in [0.05, 0.1) is 11.3 Å². The zero-order chi connectivity index (χ0) is 12.5. The maximum atomic E-state index is 9.20. The molecule has 0 amide bonds. The zero-order valence-corrected chi connectivity index (χ0v) is 10.8. The number of nitrogens with one attached hydrogen (secondary N) is 1. The van der Waals surface area contributed by atoms with E-state index < -0.39 is 0 Å². The molecule has 4 rings (SSSR count). The van der Waals surface area contributed by atoms with Crippen molar-refractivity contribution in [1.82, 2.24) is 4.90 Å². The molecule has 3 saturated heterocycles. The molecule has 3 heteroatoms. The van der Waals surface area contributed by atoms with E-state index in [9.17, 15) is 5.26 Å². The highest BCUT2D eigenvalue weighted by Gasteiger charge is 2.34. The van der Waals surface area contributed by atoms with Crippen LogP contribution in [0.1, 0.15) is 24.0 Å². The van der Waals surface area contributed by atoms with Crippen molar-refractivity contribution in [3.8, 4) is 6.07 Å². The number of piperidine rings is 3. The number of rotatable bonds is 2. The van der Waals surface area contributed by atoms with Crippen molar-refractivity contribution in [2.75, 3.05) is 25.0 Å². The lowest BCUT2D eigenvalue weighted by atomic mass is 9.84. The predicted octanol–water partition coefficient (Wildman–Crippen LogP) is 2.37. The standard InChI is InChI=1S/C15H19N3/c1-11-2-3-14(13(8-11)9-16)17-15-10-18-6-4-12(15)5-7-18/h2-3,8,12,15,17H,4-7,10H2,1H3. The summed E-state index contributed by atoms with van der Waals surface area (Å²) in [4.78, 5) is 2.53. The topological polar surface area (TPSA) is 39.1 Å². The Labute approximate surface area is 108 Å². The van der Waals surface area contributed by atoms with E-state index in [0.717, 1.165) is 29.3 Å². The van der Waals surface area contributed by atoms with E-state index in [0.29, 0.717) is 6.04 Å². The third-order valence-corrected chi connectivity index (χ3v) is 4.29. The first-order valence-corrected chi connectivity index (χ1v) is 6.76. The maximum absolute atomic E-state index is 9.20. The summed E-state index contributed by atoms with van der Waals surface area (Å²) in [5.41, 5.74) is 2.92. The molecule has 3 heterocycles. The molecule has 3 fully saturated rings. The maximum Gasteiger partial charge on any atom is 0.101 e. The normalized spacial score (nSPS) is 29.9. The van der Waals surface area contributed by atoms with Crippen LogP contribution in [0, 0.1) is 24.2 Å². The molecule has 1 aromatic carbocycles. The molecule has 18 heavy (non-hydrogen) atoms. The molecule has 3 aliphatic heterocycles. The lowest BCUT2D eigenvalue weighted by Gasteiger charge is -2.45. The van der Waals surface area contributed by atoms with Crippen LogP contribution in [-0.2, 0) is 0 Å². The van der Waals surface area contributed by atoms with Gasteiger partial charge in [-0.25, -0.2) is 0 Å². The van der Waals surface area contributed by atoms with E-state index in [-0.39, 0.29) is 0 Å². The van der Waals surface area contributed by atoms with Crippen LogP contribution in [0.5, 0.6) is 0 Å². The molecule has 94 valence electrons. The van der Waals surface area contributed by atoms with Crippen molar-refractivity contribution in [1.29, 1.82) is 5.26 Å². The summed E-state index contributed by atoms with van der Waals surface area (Å²) in [6.07, 6.45) is 2.59. The molecule has 0 radical (unpaired) electrons. The Hall–Kier alpha value is -1.53. The fourth-order valence-electron chi connectivity index (χ4n) is 3.20. The Morgan fingerprint density at radius 2 is 2.11 bits per heavy atom. The number of fused-ring (bicyclic) bond motifs is 3. The molecule has 0 saturated carbocycles. The predicted molar refractivity (Wildman–Crippen MR) is 72.5 cm³/mol. The molecule has 0 aliphatic carbocycles. The Morgan fingerprint density at radius 1 is 1.33 bits per heavy atom. The summed E-state index contributed by atoms with van der Waals surface area (Å²) in [6, 6.07) is 8.89. The van der Waals surface area contributed by atoms with E-state index in [2.05, 4.69) is 22.4 Å². The highest BCUT2D eigenvalue weighted by atomic mass is 15.2. The van der Waals surface area contributed by atoms with Crippen molar-refractivity contribution in [2.45, 2.75) is 25.8 Å². The quantitative estimate of drug-likeness (QED) is 0.864. The van der Waals surface area contributed by atoms with Crippen molar-refractivity contribution in [3.63, 3.8) is 0 Å². The van der Waals surface area contributed by atoms with Gasteiger partial charge in [-0.15, -0.1) is 0 Å². The average Bonchev–Trinajstić information content (AvgIpc) is 2.42. The van der Waals surface area contributed by atoms with Crippen LogP contribution in [-0.4, -0.2) is 30.6 Å². The number of hydrogen-bond donors (Lipinski definition) is 1. The van der Waals surface area contributed by atoms with Gasteiger partial charge in [0, 0.05) is 12.6 Å². The Kier molecular flexibility index (Phi) is 2.97. The van der Waals surface area contributed by atoms with Gasteiger partial charge >= 0.3 is 0 Å². The van der Waals surface area contributed by atoms with Gasteiger partial charge in [-0.05, 0) is 56.5 Å². The fourth-order valence-corrected chi connectivity index (χ4v) is 3.20. The van der Waals surface area contributed by atoms with Gasteiger partial charge in [-0.3, -0.25) is 0 Å². The van der Waals surface area contributed by atoms with Crippen LogP contribution in [0.15, 0.2) is 18.2 Å². The van der Waals surface area contributed by atoms with E-state index in [1.807, 2.05) is 19.1 Å². The number of benzene rings is 1. The largest absolute Gasteiger partial charge is 0.380 e. The van der Waals surface area contributed by atoms with Gasteiger partial charge in [0.1, 0.15) is 6.07 Å². The monoisotopic (exact) mass is 241 g/mol. The molecule has 3 aliphatic rings. The fraction of sp³-hybridized carbons (Fsp3) is 0.533. The number of anilines is 1. The van der Waals surface area contributed by atoms with Gasteiger partial charge in [0.25, 0.3) is 0 Å².